The van der Waals surface area contributed by atoms with Crippen LogP contribution in [0.15, 0.2) is 29.2 Å². The van der Waals surface area contributed by atoms with E-state index in [1.807, 2.05) is 7.05 Å². The van der Waals surface area contributed by atoms with Gasteiger partial charge in [-0.05, 0) is 44.7 Å². The van der Waals surface area contributed by atoms with Gasteiger partial charge in [0.15, 0.2) is 0 Å². The Hall–Kier alpha value is -1.15. The zero-order valence-corrected chi connectivity index (χ0v) is 13.1. The smallest absolute Gasteiger partial charge is 0.240 e. The highest BCUT2D eigenvalue weighted by molar-refractivity contribution is 7.89. The number of nitrogens with one attached hydrogen (secondary N) is 2. The van der Waals surface area contributed by atoms with Crippen molar-refractivity contribution >= 4 is 15.7 Å². The molecule has 1 rings (SSSR count). The van der Waals surface area contributed by atoms with E-state index in [9.17, 15) is 8.42 Å². The van der Waals surface area contributed by atoms with Crippen LogP contribution >= 0.6 is 0 Å². The molecule has 7 heteroatoms. The summed E-state index contributed by atoms with van der Waals surface area (Å²) in [6.07, 6.45) is 1.04. The number of hydrazine groups is 1. The number of nitrogens with two attached hydrogens (primary N) is 1. The second-order valence-electron chi connectivity index (χ2n) is 4.80. The number of rotatable bonds is 8. The van der Waals surface area contributed by atoms with Crippen LogP contribution in [-0.2, 0) is 10.0 Å². The van der Waals surface area contributed by atoms with Crippen LogP contribution in [0.25, 0.3) is 0 Å². The van der Waals surface area contributed by atoms with E-state index in [0.717, 1.165) is 6.42 Å². The van der Waals surface area contributed by atoms with Crippen molar-refractivity contribution in [3.63, 3.8) is 0 Å². The van der Waals surface area contributed by atoms with E-state index in [-0.39, 0.29) is 4.90 Å². The van der Waals surface area contributed by atoms with Gasteiger partial charge in [0, 0.05) is 24.8 Å². The molecule has 114 valence electrons. The summed E-state index contributed by atoms with van der Waals surface area (Å²) in [5.74, 6) is 5.24. The zero-order chi connectivity index (χ0) is 15.2. The summed E-state index contributed by atoms with van der Waals surface area (Å²) in [5, 5.41) is 0. The molecule has 0 heterocycles. The molecule has 6 nitrogen and oxygen atoms in total. The van der Waals surface area contributed by atoms with Gasteiger partial charge < -0.3 is 10.3 Å². The SMILES string of the molecule is CCC(C)N(C)CCNS(=O)(=O)c1ccc(NN)cc1. The molecule has 0 amide bonds. The first-order valence-corrected chi connectivity index (χ1v) is 8.15. The van der Waals surface area contributed by atoms with Gasteiger partial charge in [0.1, 0.15) is 0 Å². The molecule has 1 aromatic carbocycles. The molecule has 0 aliphatic carbocycles. The second kappa shape index (κ2) is 7.58. The van der Waals surface area contributed by atoms with Gasteiger partial charge in [-0.1, -0.05) is 6.92 Å². The molecule has 0 aliphatic heterocycles. The van der Waals surface area contributed by atoms with Gasteiger partial charge in [-0.25, -0.2) is 13.1 Å². The Morgan fingerprint density at radius 2 is 1.90 bits per heavy atom. The molecule has 0 aromatic heterocycles. The molecular weight excluding hydrogens is 276 g/mol. The van der Waals surface area contributed by atoms with E-state index in [1.54, 1.807) is 12.1 Å². The average Bonchev–Trinajstić information content (AvgIpc) is 2.46. The number of nitrogen functional groups attached to an aromatic ring is 1. The third-order valence-electron chi connectivity index (χ3n) is 3.43. The monoisotopic (exact) mass is 300 g/mol. The van der Waals surface area contributed by atoms with Crippen molar-refractivity contribution in [3.8, 4) is 0 Å². The summed E-state index contributed by atoms with van der Waals surface area (Å²) in [6.45, 7) is 5.29. The number of likely N-dealkylation sites (N-methyl/N-ethyl adjacent to an activating group) is 1. The van der Waals surface area contributed by atoms with Crippen molar-refractivity contribution in [3.05, 3.63) is 24.3 Å². The quantitative estimate of drug-likeness (QED) is 0.492. The summed E-state index contributed by atoms with van der Waals surface area (Å²) >= 11 is 0. The van der Waals surface area contributed by atoms with Crippen molar-refractivity contribution in [2.24, 2.45) is 5.84 Å². The Morgan fingerprint density at radius 3 is 2.40 bits per heavy atom. The van der Waals surface area contributed by atoms with E-state index in [4.69, 9.17) is 5.84 Å². The minimum atomic E-state index is -3.46. The van der Waals surface area contributed by atoms with E-state index >= 15 is 0 Å². The highest BCUT2D eigenvalue weighted by atomic mass is 32.2. The maximum absolute atomic E-state index is 12.1. The van der Waals surface area contributed by atoms with Crippen LogP contribution in [0, 0.1) is 0 Å². The van der Waals surface area contributed by atoms with Crippen LogP contribution < -0.4 is 16.0 Å². The fourth-order valence-corrected chi connectivity index (χ4v) is 2.72. The van der Waals surface area contributed by atoms with Gasteiger partial charge in [-0.2, -0.15) is 0 Å². The van der Waals surface area contributed by atoms with Crippen molar-refractivity contribution in [2.75, 3.05) is 25.6 Å². The summed E-state index contributed by atoms with van der Waals surface area (Å²) in [6, 6.07) is 6.74. The maximum atomic E-state index is 12.1. The van der Waals surface area contributed by atoms with Crippen LogP contribution in [0.2, 0.25) is 0 Å². The van der Waals surface area contributed by atoms with Gasteiger partial charge in [0.25, 0.3) is 0 Å². The number of benzene rings is 1. The minimum Gasteiger partial charge on any atom is -0.324 e. The van der Waals surface area contributed by atoms with Crippen molar-refractivity contribution < 1.29 is 8.42 Å². The Bertz CT molecular complexity index is 502. The summed E-state index contributed by atoms with van der Waals surface area (Å²) in [7, 11) is -1.47. The van der Waals surface area contributed by atoms with Crippen LogP contribution in [0.3, 0.4) is 0 Å². The largest absolute Gasteiger partial charge is 0.324 e. The average molecular weight is 300 g/mol. The van der Waals surface area contributed by atoms with Crippen LogP contribution in [-0.4, -0.2) is 39.5 Å². The molecule has 0 saturated carbocycles. The topological polar surface area (TPSA) is 87.5 Å². The van der Waals surface area contributed by atoms with Crippen LogP contribution in [0.1, 0.15) is 20.3 Å². The van der Waals surface area contributed by atoms with E-state index in [0.29, 0.717) is 24.8 Å². The standard InChI is InChI=1S/C13H24N4O2S/c1-4-11(2)17(3)10-9-15-20(18,19)13-7-5-12(16-14)6-8-13/h5-8,11,15-16H,4,9-10,14H2,1-3H3. The molecule has 20 heavy (non-hydrogen) atoms. The van der Waals surface area contributed by atoms with Gasteiger partial charge in [-0.15, -0.1) is 0 Å². The van der Waals surface area contributed by atoms with Crippen molar-refractivity contribution in [1.29, 1.82) is 0 Å². The molecule has 0 fully saturated rings. The normalized spacial score (nSPS) is 13.4. The lowest BCUT2D eigenvalue weighted by molar-refractivity contribution is 0.256. The van der Waals surface area contributed by atoms with Crippen molar-refractivity contribution in [1.82, 2.24) is 9.62 Å². The van der Waals surface area contributed by atoms with Crippen LogP contribution in [0.4, 0.5) is 5.69 Å². The molecule has 0 bridgehead atoms. The molecule has 0 spiro atoms. The summed E-state index contributed by atoms with van der Waals surface area (Å²) in [4.78, 5) is 2.37. The lowest BCUT2D eigenvalue weighted by atomic mass is 10.2. The molecular formula is C13H24N4O2S. The third kappa shape index (κ3) is 4.75. The molecule has 1 atom stereocenters. The van der Waals surface area contributed by atoms with E-state index in [1.165, 1.54) is 12.1 Å². The molecule has 0 saturated heterocycles. The van der Waals surface area contributed by atoms with E-state index < -0.39 is 10.0 Å². The number of anilines is 1. The lowest BCUT2D eigenvalue weighted by Gasteiger charge is -2.23. The first-order valence-electron chi connectivity index (χ1n) is 6.67. The van der Waals surface area contributed by atoms with E-state index in [2.05, 4.69) is 28.9 Å². The first-order chi connectivity index (χ1) is 9.40. The predicted molar refractivity (Wildman–Crippen MR) is 81.8 cm³/mol. The Morgan fingerprint density at radius 1 is 1.30 bits per heavy atom. The fourth-order valence-electron chi connectivity index (χ4n) is 1.70. The second-order valence-corrected chi connectivity index (χ2v) is 6.57. The lowest BCUT2D eigenvalue weighted by Crippen LogP contribution is -2.37. The van der Waals surface area contributed by atoms with Crippen molar-refractivity contribution in [2.45, 2.75) is 31.2 Å². The predicted octanol–water partition coefficient (Wildman–Crippen LogP) is 0.981. The number of sulfonamides is 1. The number of hydrogen-bond acceptors (Lipinski definition) is 5. The molecule has 0 aliphatic rings. The highest BCUT2D eigenvalue weighted by Gasteiger charge is 2.14. The van der Waals surface area contributed by atoms with Gasteiger partial charge >= 0.3 is 0 Å². The fraction of sp³-hybridized carbons (Fsp3) is 0.538. The third-order valence-corrected chi connectivity index (χ3v) is 4.91. The highest BCUT2D eigenvalue weighted by Crippen LogP contribution is 2.12. The van der Waals surface area contributed by atoms with Gasteiger partial charge in [-0.3, -0.25) is 5.84 Å². The zero-order valence-electron chi connectivity index (χ0n) is 12.3. The number of hydrogen-bond donors (Lipinski definition) is 3. The molecule has 1 aromatic rings. The maximum Gasteiger partial charge on any atom is 0.240 e. The first kappa shape index (κ1) is 16.9. The Balaban J connectivity index is 2.57. The summed E-state index contributed by atoms with van der Waals surface area (Å²) in [5.41, 5.74) is 3.13. The minimum absolute atomic E-state index is 0.239. The molecule has 4 N–H and O–H groups in total. The Kier molecular flexibility index (Phi) is 6.41. The molecule has 1 unspecified atom stereocenters. The van der Waals surface area contributed by atoms with Gasteiger partial charge in [0.2, 0.25) is 10.0 Å². The van der Waals surface area contributed by atoms with Gasteiger partial charge in [0.05, 0.1) is 4.90 Å². The molecule has 0 radical (unpaired) electrons. The van der Waals surface area contributed by atoms with Crippen LogP contribution in [0.5, 0.6) is 0 Å². The number of nitrogens with zero attached hydrogens (tertiary/aromatic N) is 1. The Labute approximate surface area is 121 Å². The summed E-state index contributed by atoms with van der Waals surface area (Å²) < 4.78 is 26.7.